The Balaban J connectivity index is 3.23. The highest BCUT2D eigenvalue weighted by Gasteiger charge is 2.33. The summed E-state index contributed by atoms with van der Waals surface area (Å²) in [6.07, 6.45) is -4.42. The number of alkyl halides is 4. The van der Waals surface area contributed by atoms with Gasteiger partial charge in [0.2, 0.25) is 0 Å². The minimum absolute atomic E-state index is 0.00625. The molecule has 0 saturated carbocycles. The van der Waals surface area contributed by atoms with Crippen molar-refractivity contribution in [1.82, 2.24) is 4.98 Å². The molecule has 8 heteroatoms. The molecule has 1 aromatic rings. The fourth-order valence-electron chi connectivity index (χ4n) is 1.08. The smallest absolute Gasteiger partial charge is 0.478 e. The van der Waals surface area contributed by atoms with Crippen LogP contribution in [0.4, 0.5) is 13.2 Å². The number of halogens is 4. The Morgan fingerprint density at radius 2 is 2.18 bits per heavy atom. The predicted molar refractivity (Wildman–Crippen MR) is 55.5 cm³/mol. The summed E-state index contributed by atoms with van der Waals surface area (Å²) in [7, 11) is 1.13. The molecule has 0 bridgehead atoms. The Hall–Kier alpha value is -1.31. The third-order valence-electron chi connectivity index (χ3n) is 1.74. The van der Waals surface area contributed by atoms with Gasteiger partial charge in [-0.2, -0.15) is 0 Å². The Bertz CT molecular complexity index is 423. The van der Waals surface area contributed by atoms with Gasteiger partial charge in [0.1, 0.15) is 5.69 Å². The van der Waals surface area contributed by atoms with Crippen LogP contribution in [0.1, 0.15) is 16.1 Å². The molecule has 0 amide bonds. The molecule has 0 radical (unpaired) electrons. The van der Waals surface area contributed by atoms with E-state index in [0.717, 1.165) is 13.2 Å². The van der Waals surface area contributed by atoms with Crippen LogP contribution in [0.3, 0.4) is 0 Å². The zero-order valence-corrected chi connectivity index (χ0v) is 10.1. The predicted octanol–water partition coefficient (Wildman–Crippen LogP) is 2.70. The average Bonchev–Trinajstić information content (AvgIpc) is 2.26. The van der Waals surface area contributed by atoms with E-state index in [1.165, 1.54) is 0 Å². The molecule has 1 rings (SSSR count). The first kappa shape index (κ1) is 13.8. The molecule has 0 aliphatic carbocycles. The van der Waals surface area contributed by atoms with E-state index in [4.69, 9.17) is 0 Å². The normalized spacial score (nSPS) is 11.1. The Kier molecular flexibility index (Phi) is 4.33. The summed E-state index contributed by atoms with van der Waals surface area (Å²) in [5.41, 5.74) is 0.272. The lowest BCUT2D eigenvalue weighted by Crippen LogP contribution is -2.18. The maximum absolute atomic E-state index is 12.1. The Morgan fingerprint density at radius 3 is 2.59 bits per heavy atom. The monoisotopic (exact) mass is 313 g/mol. The Labute approximate surface area is 103 Å². The van der Waals surface area contributed by atoms with E-state index < -0.39 is 18.0 Å². The van der Waals surface area contributed by atoms with E-state index in [9.17, 15) is 18.0 Å². The lowest BCUT2D eigenvalue weighted by atomic mass is 10.2. The molecule has 0 atom stereocenters. The van der Waals surface area contributed by atoms with Gasteiger partial charge in [-0.05, 0) is 11.6 Å². The first-order chi connectivity index (χ1) is 7.91. The summed E-state index contributed by atoms with van der Waals surface area (Å²) >= 11 is 3.03. The molecule has 4 nitrogen and oxygen atoms in total. The number of carbonyl (C=O) groups excluding carboxylic acids is 1. The van der Waals surface area contributed by atoms with Crippen LogP contribution in [-0.4, -0.2) is 24.7 Å². The van der Waals surface area contributed by atoms with Gasteiger partial charge >= 0.3 is 6.36 Å². The molecule has 0 aliphatic rings. The topological polar surface area (TPSA) is 48.4 Å². The van der Waals surface area contributed by atoms with Crippen molar-refractivity contribution in [1.29, 1.82) is 0 Å². The second-order valence-electron chi connectivity index (χ2n) is 2.84. The van der Waals surface area contributed by atoms with Gasteiger partial charge in [0.05, 0.1) is 7.11 Å². The fraction of sp³-hybridized carbons (Fsp3) is 0.333. The molecule has 0 fully saturated rings. The van der Waals surface area contributed by atoms with Crippen molar-refractivity contribution in [2.75, 3.05) is 7.11 Å². The SMILES string of the molecule is COc1nc(C=O)c(CBr)cc1OC(F)(F)F. The van der Waals surface area contributed by atoms with Crippen molar-refractivity contribution in [3.05, 3.63) is 17.3 Å². The van der Waals surface area contributed by atoms with Crippen LogP contribution in [0.5, 0.6) is 11.6 Å². The molecule has 0 N–H and O–H groups in total. The largest absolute Gasteiger partial charge is 0.573 e. The molecule has 17 heavy (non-hydrogen) atoms. The van der Waals surface area contributed by atoms with Gasteiger partial charge in [-0.15, -0.1) is 13.2 Å². The zero-order chi connectivity index (χ0) is 13.1. The maximum Gasteiger partial charge on any atom is 0.573 e. The van der Waals surface area contributed by atoms with Gasteiger partial charge in [0, 0.05) is 5.33 Å². The van der Waals surface area contributed by atoms with Crippen molar-refractivity contribution < 1.29 is 27.4 Å². The number of methoxy groups -OCH3 is 1. The van der Waals surface area contributed by atoms with Crippen LogP contribution >= 0.6 is 15.9 Å². The summed E-state index contributed by atoms with van der Waals surface area (Å²) in [5.74, 6) is -0.978. The van der Waals surface area contributed by atoms with Crippen molar-refractivity contribution in [2.24, 2.45) is 0 Å². The minimum Gasteiger partial charge on any atom is -0.478 e. The van der Waals surface area contributed by atoms with Crippen LogP contribution < -0.4 is 9.47 Å². The van der Waals surface area contributed by atoms with Gasteiger partial charge in [0.15, 0.2) is 12.0 Å². The second-order valence-corrected chi connectivity index (χ2v) is 3.40. The lowest BCUT2D eigenvalue weighted by Gasteiger charge is -2.13. The molecule has 0 unspecified atom stereocenters. The standard InChI is InChI=1S/C9H7BrF3NO3/c1-16-8-7(17-9(11,12)13)2-5(3-10)6(4-15)14-8/h2,4H,3H2,1H3. The number of aldehydes is 1. The first-order valence-electron chi connectivity index (χ1n) is 4.26. The number of pyridine rings is 1. The number of hydrogen-bond donors (Lipinski definition) is 0. The van der Waals surface area contributed by atoms with E-state index in [1.807, 2.05) is 0 Å². The zero-order valence-electron chi connectivity index (χ0n) is 8.55. The molecular weight excluding hydrogens is 307 g/mol. The van der Waals surface area contributed by atoms with E-state index in [1.54, 1.807) is 0 Å². The number of aromatic nitrogens is 1. The van der Waals surface area contributed by atoms with Crippen LogP contribution in [0.15, 0.2) is 6.07 Å². The maximum atomic E-state index is 12.1. The Morgan fingerprint density at radius 1 is 1.53 bits per heavy atom. The highest BCUT2D eigenvalue weighted by molar-refractivity contribution is 9.08. The van der Waals surface area contributed by atoms with Gasteiger partial charge in [-0.1, -0.05) is 15.9 Å². The van der Waals surface area contributed by atoms with Crippen LogP contribution in [0, 0.1) is 0 Å². The van der Waals surface area contributed by atoms with Crippen LogP contribution in [0.2, 0.25) is 0 Å². The van der Waals surface area contributed by atoms with Crippen molar-refractivity contribution in [3.8, 4) is 11.6 Å². The van der Waals surface area contributed by atoms with Gasteiger partial charge in [0.25, 0.3) is 5.88 Å². The third-order valence-corrected chi connectivity index (χ3v) is 2.35. The molecule has 94 valence electrons. The van der Waals surface area contributed by atoms with Gasteiger partial charge < -0.3 is 9.47 Å². The molecule has 1 aromatic heterocycles. The number of nitrogens with zero attached hydrogens (tertiary/aromatic N) is 1. The van der Waals surface area contributed by atoms with E-state index >= 15 is 0 Å². The highest BCUT2D eigenvalue weighted by Crippen LogP contribution is 2.32. The van der Waals surface area contributed by atoms with Crippen molar-refractivity contribution in [3.63, 3.8) is 0 Å². The molecule has 0 saturated heterocycles. The third kappa shape index (κ3) is 3.58. The first-order valence-corrected chi connectivity index (χ1v) is 5.38. The van der Waals surface area contributed by atoms with Crippen molar-refractivity contribution in [2.45, 2.75) is 11.7 Å². The van der Waals surface area contributed by atoms with E-state index in [-0.39, 0.29) is 16.6 Å². The van der Waals surface area contributed by atoms with Crippen LogP contribution in [-0.2, 0) is 5.33 Å². The number of carbonyl (C=O) groups is 1. The number of hydrogen-bond acceptors (Lipinski definition) is 4. The molecule has 0 aromatic carbocycles. The number of ether oxygens (including phenoxy) is 2. The van der Waals surface area contributed by atoms with Gasteiger partial charge in [-0.3, -0.25) is 4.79 Å². The lowest BCUT2D eigenvalue weighted by molar-refractivity contribution is -0.275. The second kappa shape index (κ2) is 5.35. The molecule has 1 heterocycles. The molecule has 0 aliphatic heterocycles. The summed E-state index contributed by atoms with van der Waals surface area (Å²) in [6.45, 7) is 0. The van der Waals surface area contributed by atoms with E-state index in [2.05, 4.69) is 30.4 Å². The summed E-state index contributed by atoms with van der Waals surface area (Å²) in [6, 6.07) is 1.05. The van der Waals surface area contributed by atoms with E-state index in [0.29, 0.717) is 6.29 Å². The summed E-state index contributed by atoms with van der Waals surface area (Å²) < 4.78 is 44.6. The minimum atomic E-state index is -4.85. The average molecular weight is 314 g/mol. The highest BCUT2D eigenvalue weighted by atomic mass is 79.9. The number of rotatable bonds is 4. The van der Waals surface area contributed by atoms with Crippen molar-refractivity contribution >= 4 is 22.2 Å². The van der Waals surface area contributed by atoms with Gasteiger partial charge in [-0.25, -0.2) is 4.98 Å². The fourth-order valence-corrected chi connectivity index (χ4v) is 1.53. The summed E-state index contributed by atoms with van der Waals surface area (Å²) in [5, 5.41) is 0.173. The molecular formula is C9H7BrF3NO3. The van der Waals surface area contributed by atoms with Crippen LogP contribution in [0.25, 0.3) is 0 Å². The summed E-state index contributed by atoms with van der Waals surface area (Å²) in [4.78, 5) is 14.3. The quantitative estimate of drug-likeness (QED) is 0.633. The molecule has 0 spiro atoms.